The van der Waals surface area contributed by atoms with Gasteiger partial charge in [-0.05, 0) is 62.1 Å². The molecule has 5 nitrogen and oxygen atoms in total. The summed E-state index contributed by atoms with van der Waals surface area (Å²) in [5.74, 6) is 0.844. The van der Waals surface area contributed by atoms with Crippen molar-refractivity contribution in [1.82, 2.24) is 20.1 Å². The molecule has 5 rings (SSSR count). The fourth-order valence-electron chi connectivity index (χ4n) is 5.30. The van der Waals surface area contributed by atoms with E-state index in [1.54, 1.807) is 12.1 Å². The van der Waals surface area contributed by atoms with Crippen molar-refractivity contribution in [2.24, 2.45) is 5.92 Å². The fraction of sp³-hybridized carbons (Fsp3) is 0.385. The van der Waals surface area contributed by atoms with Crippen molar-refractivity contribution in [3.8, 4) is 0 Å². The van der Waals surface area contributed by atoms with E-state index in [1.165, 1.54) is 12.1 Å². The van der Waals surface area contributed by atoms with Crippen molar-refractivity contribution in [1.29, 1.82) is 0 Å². The molecular formula is C26H27F3N4O. The quantitative estimate of drug-likeness (QED) is 0.686. The van der Waals surface area contributed by atoms with E-state index < -0.39 is 11.7 Å². The van der Waals surface area contributed by atoms with Gasteiger partial charge in [0.15, 0.2) is 0 Å². The van der Waals surface area contributed by atoms with Gasteiger partial charge in [0.2, 0.25) is 0 Å². The van der Waals surface area contributed by atoms with E-state index >= 15 is 0 Å². The lowest BCUT2D eigenvalue weighted by Crippen LogP contribution is -2.39. The topological polar surface area (TPSA) is 48.5 Å². The molecule has 1 saturated heterocycles. The first-order chi connectivity index (χ1) is 16.2. The average molecular weight is 469 g/mol. The first-order valence-corrected chi connectivity index (χ1v) is 11.5. The van der Waals surface area contributed by atoms with Gasteiger partial charge in [-0.15, -0.1) is 0 Å². The van der Waals surface area contributed by atoms with Crippen LogP contribution in [0.3, 0.4) is 0 Å². The molecule has 1 amide bonds. The third-order valence-corrected chi connectivity index (χ3v) is 7.18. The number of rotatable bonds is 6. The van der Waals surface area contributed by atoms with Gasteiger partial charge < -0.3 is 15.1 Å². The smallest absolute Gasteiger partial charge is 0.334 e. The highest BCUT2D eigenvalue weighted by atomic mass is 19.4. The minimum Gasteiger partial charge on any atom is -0.334 e. The zero-order valence-corrected chi connectivity index (χ0v) is 19.0. The van der Waals surface area contributed by atoms with Gasteiger partial charge in [0.25, 0.3) is 5.91 Å². The van der Waals surface area contributed by atoms with Crippen molar-refractivity contribution >= 4 is 11.5 Å². The highest BCUT2D eigenvalue weighted by Gasteiger charge is 2.60. The minimum atomic E-state index is -4.30. The summed E-state index contributed by atoms with van der Waals surface area (Å²) in [6, 6.07) is 11.3. The Bertz CT molecular complexity index is 1160. The number of piperidine rings is 1. The lowest BCUT2D eigenvalue weighted by molar-refractivity contribution is -0.137. The number of hydrogen-bond donors (Lipinski definition) is 1. The molecular weight excluding hydrogens is 441 g/mol. The van der Waals surface area contributed by atoms with E-state index in [4.69, 9.17) is 0 Å². The number of carbonyl (C=O) groups is 1. The highest BCUT2D eigenvalue weighted by molar-refractivity contribution is 6.20. The number of amides is 1. The SMILES string of the molecule is C=C1NC(=O)C(c2cccc(C)n2)=CN1CCCN1C[C@@H]2C[C@]2(c2ccc(C(F)(F)F)cc2)C1. The molecule has 1 N–H and O–H groups in total. The second-order valence-corrected chi connectivity index (χ2v) is 9.52. The molecule has 0 unspecified atom stereocenters. The molecule has 1 aromatic heterocycles. The number of hydrogen-bond acceptors (Lipinski definition) is 4. The van der Waals surface area contributed by atoms with E-state index in [0.29, 0.717) is 29.6 Å². The summed E-state index contributed by atoms with van der Waals surface area (Å²) in [7, 11) is 0. The molecule has 0 bridgehead atoms. The molecule has 1 aromatic carbocycles. The van der Waals surface area contributed by atoms with Crippen molar-refractivity contribution in [3.05, 3.63) is 83.6 Å². The molecule has 1 aliphatic carbocycles. The van der Waals surface area contributed by atoms with Crippen LogP contribution in [0.5, 0.6) is 0 Å². The second-order valence-electron chi connectivity index (χ2n) is 9.52. The molecule has 8 heteroatoms. The predicted molar refractivity (Wildman–Crippen MR) is 123 cm³/mol. The summed E-state index contributed by atoms with van der Waals surface area (Å²) >= 11 is 0. The maximum absolute atomic E-state index is 12.9. The lowest BCUT2D eigenvalue weighted by atomic mass is 9.94. The number of nitrogens with zero attached hydrogens (tertiary/aromatic N) is 3. The van der Waals surface area contributed by atoms with Gasteiger partial charge in [-0.1, -0.05) is 24.8 Å². The number of likely N-dealkylation sites (tertiary alicyclic amines) is 1. The van der Waals surface area contributed by atoms with Crippen molar-refractivity contribution in [2.45, 2.75) is 31.4 Å². The minimum absolute atomic E-state index is 0.00324. The van der Waals surface area contributed by atoms with E-state index in [2.05, 4.69) is 21.8 Å². The Morgan fingerprint density at radius 1 is 1.18 bits per heavy atom. The van der Waals surface area contributed by atoms with Crippen LogP contribution in [0.2, 0.25) is 0 Å². The van der Waals surface area contributed by atoms with E-state index in [1.807, 2.05) is 36.2 Å². The molecule has 1 saturated carbocycles. The number of benzene rings is 1. The van der Waals surface area contributed by atoms with E-state index in [0.717, 1.165) is 43.7 Å². The number of pyridine rings is 1. The number of aromatic nitrogens is 1. The predicted octanol–water partition coefficient (Wildman–Crippen LogP) is 4.32. The van der Waals surface area contributed by atoms with Gasteiger partial charge in [-0.2, -0.15) is 13.2 Å². The maximum Gasteiger partial charge on any atom is 0.416 e. The first-order valence-electron chi connectivity index (χ1n) is 11.5. The fourth-order valence-corrected chi connectivity index (χ4v) is 5.30. The summed E-state index contributed by atoms with van der Waals surface area (Å²) in [4.78, 5) is 21.3. The Kier molecular flexibility index (Phi) is 5.51. The number of fused-ring (bicyclic) bond motifs is 1. The zero-order chi connectivity index (χ0) is 24.1. The van der Waals surface area contributed by atoms with Crippen molar-refractivity contribution in [3.63, 3.8) is 0 Å². The van der Waals surface area contributed by atoms with Gasteiger partial charge in [-0.25, -0.2) is 0 Å². The molecule has 2 atom stereocenters. The second kappa shape index (κ2) is 8.27. The summed E-state index contributed by atoms with van der Waals surface area (Å²) < 4.78 is 38.7. The third-order valence-electron chi connectivity index (χ3n) is 7.18. The average Bonchev–Trinajstić information content (AvgIpc) is 3.36. The van der Waals surface area contributed by atoms with Gasteiger partial charge in [0.1, 0.15) is 5.82 Å². The standard InChI is InChI=1S/C26H27F3N4O/c1-17-5-3-6-23(30-17)22-15-33(18(2)31-24(22)34)12-4-11-32-14-21-13-25(21,16-32)19-7-9-20(10-8-19)26(27,28)29/h3,5-10,15,21H,2,4,11-14,16H2,1H3,(H,31,34)/t21-,25+/m0/s1. The van der Waals surface area contributed by atoms with Gasteiger partial charge in [0, 0.05) is 36.9 Å². The molecule has 2 aliphatic heterocycles. The van der Waals surface area contributed by atoms with Crippen LogP contribution < -0.4 is 5.32 Å². The Morgan fingerprint density at radius 3 is 2.65 bits per heavy atom. The number of aryl methyl sites for hydroxylation is 1. The van der Waals surface area contributed by atoms with Gasteiger partial charge >= 0.3 is 6.18 Å². The normalized spacial score (nSPS) is 24.6. The van der Waals surface area contributed by atoms with Crippen LogP contribution in [0.4, 0.5) is 13.2 Å². The molecule has 34 heavy (non-hydrogen) atoms. The van der Waals surface area contributed by atoms with Crippen LogP contribution in [-0.2, 0) is 16.4 Å². The van der Waals surface area contributed by atoms with Gasteiger partial charge in [-0.3, -0.25) is 9.78 Å². The largest absolute Gasteiger partial charge is 0.416 e. The first kappa shape index (κ1) is 22.7. The van der Waals surface area contributed by atoms with Crippen LogP contribution in [-0.4, -0.2) is 46.9 Å². The molecule has 0 radical (unpaired) electrons. The van der Waals surface area contributed by atoms with Crippen LogP contribution in [0.15, 0.2) is 61.1 Å². The molecule has 2 fully saturated rings. The summed E-state index contributed by atoms with van der Waals surface area (Å²) in [5, 5.41) is 2.82. The highest BCUT2D eigenvalue weighted by Crippen LogP contribution is 2.59. The van der Waals surface area contributed by atoms with E-state index in [9.17, 15) is 18.0 Å². The number of carbonyl (C=O) groups excluding carboxylic acids is 1. The summed E-state index contributed by atoms with van der Waals surface area (Å²) in [6.07, 6.45) is -0.578. The molecule has 3 aliphatic rings. The van der Waals surface area contributed by atoms with Crippen LogP contribution >= 0.6 is 0 Å². The van der Waals surface area contributed by atoms with Crippen LogP contribution in [0.1, 0.15) is 35.4 Å². The Morgan fingerprint density at radius 2 is 1.94 bits per heavy atom. The zero-order valence-electron chi connectivity index (χ0n) is 19.0. The van der Waals surface area contributed by atoms with Crippen LogP contribution in [0.25, 0.3) is 5.57 Å². The molecule has 3 heterocycles. The number of halogens is 3. The summed E-state index contributed by atoms with van der Waals surface area (Å²) in [5.41, 5.74) is 2.40. The number of alkyl halides is 3. The molecule has 178 valence electrons. The Labute approximate surface area is 197 Å². The van der Waals surface area contributed by atoms with Crippen molar-refractivity contribution in [2.75, 3.05) is 26.2 Å². The molecule has 0 spiro atoms. The lowest BCUT2D eigenvalue weighted by Gasteiger charge is -2.29. The van der Waals surface area contributed by atoms with Gasteiger partial charge in [0.05, 0.1) is 16.8 Å². The summed E-state index contributed by atoms with van der Waals surface area (Å²) in [6.45, 7) is 9.27. The molecule has 2 aromatic rings. The number of nitrogens with one attached hydrogen (secondary N) is 1. The Hall–Kier alpha value is -3.13. The van der Waals surface area contributed by atoms with E-state index in [-0.39, 0.29) is 11.3 Å². The van der Waals surface area contributed by atoms with Crippen LogP contribution in [0, 0.1) is 12.8 Å². The maximum atomic E-state index is 12.9. The monoisotopic (exact) mass is 468 g/mol. The third kappa shape index (κ3) is 4.22. The van der Waals surface area contributed by atoms with Crippen molar-refractivity contribution < 1.29 is 18.0 Å². The Balaban J connectivity index is 1.19.